The zero-order valence-corrected chi connectivity index (χ0v) is 15.1. The summed E-state index contributed by atoms with van der Waals surface area (Å²) in [7, 11) is 0. The van der Waals surface area contributed by atoms with E-state index in [0.29, 0.717) is 23.6 Å². The van der Waals surface area contributed by atoms with Crippen molar-refractivity contribution in [3.63, 3.8) is 0 Å². The average Bonchev–Trinajstić information content (AvgIpc) is 3.06. The molecule has 0 aliphatic carbocycles. The third-order valence-corrected chi connectivity index (χ3v) is 5.69. The Hall–Kier alpha value is -2.58. The van der Waals surface area contributed by atoms with Crippen molar-refractivity contribution in [1.29, 1.82) is 0 Å². The van der Waals surface area contributed by atoms with Crippen LogP contribution >= 0.6 is 0 Å². The molecule has 4 amide bonds. The molecular weight excluding hydrogens is 348 g/mol. The van der Waals surface area contributed by atoms with E-state index in [-0.39, 0.29) is 24.8 Å². The highest BCUT2D eigenvalue weighted by molar-refractivity contribution is 6.24. The highest BCUT2D eigenvalue weighted by Crippen LogP contribution is 2.31. The van der Waals surface area contributed by atoms with Gasteiger partial charge in [-0.05, 0) is 24.0 Å². The summed E-state index contributed by atoms with van der Waals surface area (Å²) >= 11 is 0. The Labute approximate surface area is 156 Å². The van der Waals surface area contributed by atoms with Gasteiger partial charge in [0.2, 0.25) is 11.8 Å². The van der Waals surface area contributed by atoms with Crippen molar-refractivity contribution >= 4 is 23.6 Å². The first-order chi connectivity index (χ1) is 12.9. The summed E-state index contributed by atoms with van der Waals surface area (Å²) in [6.45, 7) is 4.20. The Morgan fingerprint density at radius 1 is 1.15 bits per heavy atom. The van der Waals surface area contributed by atoms with Crippen molar-refractivity contribution in [2.75, 3.05) is 13.1 Å². The van der Waals surface area contributed by atoms with Gasteiger partial charge >= 0.3 is 0 Å². The Morgan fingerprint density at radius 3 is 2.59 bits per heavy atom. The topological polar surface area (TPSA) is 113 Å². The van der Waals surface area contributed by atoms with Crippen LogP contribution in [0, 0.1) is 5.92 Å². The second kappa shape index (κ2) is 6.54. The van der Waals surface area contributed by atoms with Gasteiger partial charge < -0.3 is 5.73 Å². The summed E-state index contributed by atoms with van der Waals surface area (Å²) in [6.07, 6.45) is 0.268. The zero-order chi connectivity index (χ0) is 19.3. The summed E-state index contributed by atoms with van der Waals surface area (Å²) in [6, 6.07) is 4.37. The Kier molecular flexibility index (Phi) is 4.32. The number of amides is 4. The Bertz CT molecular complexity index is 842. The van der Waals surface area contributed by atoms with Crippen LogP contribution in [0.2, 0.25) is 0 Å². The molecule has 3 atom stereocenters. The van der Waals surface area contributed by atoms with E-state index in [0.717, 1.165) is 23.6 Å². The number of imide groups is 2. The lowest BCUT2D eigenvalue weighted by molar-refractivity contribution is -0.136. The number of nitrogens with one attached hydrogen (secondary N) is 1. The molecule has 1 aromatic carbocycles. The predicted octanol–water partition coefficient (Wildman–Crippen LogP) is -0.133. The number of carbonyl (C=O) groups is 4. The van der Waals surface area contributed by atoms with Crippen LogP contribution in [-0.4, -0.2) is 58.6 Å². The Morgan fingerprint density at radius 2 is 1.93 bits per heavy atom. The number of fused-ring (bicyclic) bond motifs is 1. The van der Waals surface area contributed by atoms with E-state index in [4.69, 9.17) is 5.73 Å². The van der Waals surface area contributed by atoms with Gasteiger partial charge in [0.1, 0.15) is 6.04 Å². The van der Waals surface area contributed by atoms with Crippen LogP contribution in [0.1, 0.15) is 46.0 Å². The first-order valence-corrected chi connectivity index (χ1v) is 9.18. The molecule has 27 heavy (non-hydrogen) atoms. The van der Waals surface area contributed by atoms with Gasteiger partial charge in [-0.1, -0.05) is 19.1 Å². The normalized spacial score (nSPS) is 28.7. The maximum absolute atomic E-state index is 13.1. The van der Waals surface area contributed by atoms with Crippen molar-refractivity contribution in [3.8, 4) is 0 Å². The Balaban J connectivity index is 1.62. The minimum atomic E-state index is -0.941. The van der Waals surface area contributed by atoms with Crippen LogP contribution in [0.15, 0.2) is 18.2 Å². The van der Waals surface area contributed by atoms with E-state index >= 15 is 0 Å². The molecule has 4 rings (SSSR count). The van der Waals surface area contributed by atoms with E-state index in [1.807, 2.05) is 6.07 Å². The fraction of sp³-hybridized carbons (Fsp3) is 0.474. The van der Waals surface area contributed by atoms with Crippen molar-refractivity contribution in [1.82, 2.24) is 15.1 Å². The molecule has 3 aliphatic rings. The molecule has 3 heterocycles. The van der Waals surface area contributed by atoms with Crippen molar-refractivity contribution in [3.05, 3.63) is 34.9 Å². The summed E-state index contributed by atoms with van der Waals surface area (Å²) in [5, 5.41) is 2.21. The lowest BCUT2D eigenvalue weighted by Crippen LogP contribution is -2.54. The standard InChI is InChI=1S/C19H22N4O4/c1-10-7-22(9-13(10)20)8-11-3-2-4-12-16(11)19(27)23(18(12)26)14-5-6-15(24)21-17(14)25/h2-4,10,13-14H,5-9,20H2,1H3,(H,21,24,25). The molecule has 2 fully saturated rings. The molecule has 8 heteroatoms. The monoisotopic (exact) mass is 370 g/mol. The molecule has 0 saturated carbocycles. The SMILES string of the molecule is CC1CN(Cc2cccc3c2C(=O)N(C2CCC(=O)NC2=O)C3=O)CC1N. The first kappa shape index (κ1) is 17.8. The summed E-state index contributed by atoms with van der Waals surface area (Å²) in [5.74, 6) is -1.54. The number of likely N-dealkylation sites (tertiary alicyclic amines) is 1. The second-order valence-corrected chi connectivity index (χ2v) is 7.62. The smallest absolute Gasteiger partial charge is 0.262 e. The van der Waals surface area contributed by atoms with E-state index in [1.165, 1.54) is 0 Å². The van der Waals surface area contributed by atoms with Crippen LogP contribution in [0.25, 0.3) is 0 Å². The molecule has 1 aromatic rings. The molecule has 2 saturated heterocycles. The van der Waals surface area contributed by atoms with Crippen molar-refractivity contribution in [2.24, 2.45) is 11.7 Å². The van der Waals surface area contributed by atoms with Gasteiger partial charge in [0.15, 0.2) is 0 Å². The fourth-order valence-electron chi connectivity index (χ4n) is 4.18. The number of nitrogens with two attached hydrogens (primary N) is 1. The van der Waals surface area contributed by atoms with E-state index < -0.39 is 23.8 Å². The van der Waals surface area contributed by atoms with Crippen LogP contribution in [0.4, 0.5) is 0 Å². The number of rotatable bonds is 3. The lowest BCUT2D eigenvalue weighted by Gasteiger charge is -2.28. The van der Waals surface area contributed by atoms with E-state index in [1.54, 1.807) is 12.1 Å². The first-order valence-electron chi connectivity index (χ1n) is 9.18. The van der Waals surface area contributed by atoms with Gasteiger partial charge in [0.05, 0.1) is 11.1 Å². The van der Waals surface area contributed by atoms with Crippen molar-refractivity contribution < 1.29 is 19.2 Å². The van der Waals surface area contributed by atoms with Gasteiger partial charge in [-0.2, -0.15) is 0 Å². The molecule has 0 aromatic heterocycles. The molecule has 0 bridgehead atoms. The average molecular weight is 370 g/mol. The van der Waals surface area contributed by atoms with Crippen LogP contribution in [-0.2, 0) is 16.1 Å². The van der Waals surface area contributed by atoms with Gasteiger partial charge in [-0.25, -0.2) is 0 Å². The maximum atomic E-state index is 13.1. The summed E-state index contributed by atoms with van der Waals surface area (Å²) < 4.78 is 0. The molecule has 3 aliphatic heterocycles. The maximum Gasteiger partial charge on any atom is 0.262 e. The third kappa shape index (κ3) is 2.94. The van der Waals surface area contributed by atoms with Gasteiger partial charge in [0, 0.05) is 32.1 Å². The molecular formula is C19H22N4O4. The van der Waals surface area contributed by atoms with Gasteiger partial charge in [-0.3, -0.25) is 34.3 Å². The molecule has 0 spiro atoms. The zero-order valence-electron chi connectivity index (χ0n) is 15.1. The number of piperidine rings is 1. The van der Waals surface area contributed by atoms with Crippen molar-refractivity contribution in [2.45, 2.75) is 38.4 Å². The molecule has 142 valence electrons. The minimum Gasteiger partial charge on any atom is -0.326 e. The lowest BCUT2D eigenvalue weighted by atomic mass is 10.0. The molecule has 0 radical (unpaired) electrons. The number of benzene rings is 1. The molecule has 8 nitrogen and oxygen atoms in total. The molecule has 3 N–H and O–H groups in total. The number of hydrogen-bond donors (Lipinski definition) is 2. The number of nitrogens with zero attached hydrogens (tertiary/aromatic N) is 2. The highest BCUT2D eigenvalue weighted by Gasteiger charge is 2.45. The highest BCUT2D eigenvalue weighted by atomic mass is 16.2. The van der Waals surface area contributed by atoms with Gasteiger partial charge in [0.25, 0.3) is 11.8 Å². The van der Waals surface area contributed by atoms with Crippen LogP contribution < -0.4 is 11.1 Å². The van der Waals surface area contributed by atoms with Crippen LogP contribution in [0.5, 0.6) is 0 Å². The van der Waals surface area contributed by atoms with Crippen LogP contribution in [0.3, 0.4) is 0 Å². The predicted molar refractivity (Wildman–Crippen MR) is 95.5 cm³/mol. The summed E-state index contributed by atoms with van der Waals surface area (Å²) in [5.41, 5.74) is 7.53. The fourth-order valence-corrected chi connectivity index (χ4v) is 4.18. The number of hydrogen-bond acceptors (Lipinski definition) is 6. The number of carbonyl (C=O) groups excluding carboxylic acids is 4. The van der Waals surface area contributed by atoms with E-state index in [2.05, 4.69) is 17.1 Å². The van der Waals surface area contributed by atoms with E-state index in [9.17, 15) is 19.2 Å². The largest absolute Gasteiger partial charge is 0.326 e. The second-order valence-electron chi connectivity index (χ2n) is 7.62. The quantitative estimate of drug-likeness (QED) is 0.717. The summed E-state index contributed by atoms with van der Waals surface area (Å²) in [4.78, 5) is 52.6. The minimum absolute atomic E-state index is 0.0964. The van der Waals surface area contributed by atoms with Gasteiger partial charge in [-0.15, -0.1) is 0 Å². The molecule has 3 unspecified atom stereocenters. The third-order valence-electron chi connectivity index (χ3n) is 5.69.